The lowest BCUT2D eigenvalue weighted by Crippen LogP contribution is -2.44. The van der Waals surface area contributed by atoms with E-state index in [9.17, 15) is 24.2 Å². The van der Waals surface area contributed by atoms with Gasteiger partial charge in [0.2, 0.25) is 0 Å². The van der Waals surface area contributed by atoms with Gasteiger partial charge in [0, 0.05) is 12.3 Å². The smallest absolute Gasteiger partial charge is 0.330 e. The van der Waals surface area contributed by atoms with E-state index >= 15 is 0 Å². The number of aromatic amines is 1. The molecule has 0 bridgehead atoms. The molecule has 0 amide bonds. The lowest BCUT2D eigenvalue weighted by Gasteiger charge is -2.28. The molecule has 19 heavy (non-hydrogen) atoms. The predicted octanol–water partition coefficient (Wildman–Crippen LogP) is -1.09. The first-order chi connectivity index (χ1) is 8.95. The number of hydrogen-bond donors (Lipinski definition) is 3. The average Bonchev–Trinajstić information content (AvgIpc) is 2.64. The highest BCUT2D eigenvalue weighted by molar-refractivity contribution is 5.01. The lowest BCUT2D eigenvalue weighted by molar-refractivity contribution is -0.130. The van der Waals surface area contributed by atoms with E-state index < -0.39 is 42.0 Å². The van der Waals surface area contributed by atoms with Gasteiger partial charge in [-0.25, -0.2) is 9.18 Å². The second-order valence-electron chi connectivity index (χ2n) is 4.49. The van der Waals surface area contributed by atoms with Crippen LogP contribution in [0, 0.1) is 0 Å². The summed E-state index contributed by atoms with van der Waals surface area (Å²) in [6.45, 7) is 1.06. The van der Waals surface area contributed by atoms with Crippen molar-refractivity contribution in [3.05, 3.63) is 33.1 Å². The summed E-state index contributed by atoms with van der Waals surface area (Å²) in [6.07, 6.45) is -3.54. The van der Waals surface area contributed by atoms with Crippen molar-refractivity contribution in [2.45, 2.75) is 37.4 Å². The van der Waals surface area contributed by atoms with Crippen molar-refractivity contribution in [3.63, 3.8) is 0 Å². The van der Waals surface area contributed by atoms with Gasteiger partial charge in [0.05, 0.1) is 6.61 Å². The molecule has 2 rings (SSSR count). The van der Waals surface area contributed by atoms with Gasteiger partial charge in [0.25, 0.3) is 5.56 Å². The van der Waals surface area contributed by atoms with Gasteiger partial charge >= 0.3 is 5.69 Å². The number of ether oxygens (including phenoxy) is 1. The van der Waals surface area contributed by atoms with E-state index in [1.807, 2.05) is 4.98 Å². The summed E-state index contributed by atoms with van der Waals surface area (Å²) in [5, 5.41) is 19.1. The van der Waals surface area contributed by atoms with Crippen LogP contribution < -0.4 is 11.2 Å². The zero-order chi connectivity index (χ0) is 14.2. The topological polar surface area (TPSA) is 105 Å². The SMILES string of the molecule is CC[C@@]1(CO)O[C@H](n2ccc(=O)[nH]c2=O)C(F)C1O. The fraction of sp³-hybridized carbons (Fsp3) is 0.636. The quantitative estimate of drug-likeness (QED) is 0.649. The van der Waals surface area contributed by atoms with Crippen LogP contribution in [-0.2, 0) is 4.74 Å². The van der Waals surface area contributed by atoms with Crippen LogP contribution in [-0.4, -0.2) is 44.2 Å². The van der Waals surface area contributed by atoms with Crippen molar-refractivity contribution in [3.8, 4) is 0 Å². The summed E-state index contributed by atoms with van der Waals surface area (Å²) >= 11 is 0. The van der Waals surface area contributed by atoms with Crippen LogP contribution in [0.15, 0.2) is 21.9 Å². The molecule has 1 aliphatic rings. The molecule has 3 N–H and O–H groups in total. The third-order valence-electron chi connectivity index (χ3n) is 3.46. The van der Waals surface area contributed by atoms with E-state index in [4.69, 9.17) is 4.74 Å². The molecule has 1 fully saturated rings. The Hall–Kier alpha value is -1.51. The zero-order valence-electron chi connectivity index (χ0n) is 10.2. The van der Waals surface area contributed by atoms with Crippen LogP contribution >= 0.6 is 0 Å². The highest BCUT2D eigenvalue weighted by Gasteiger charge is 2.54. The molecule has 0 aliphatic carbocycles. The Morgan fingerprint density at radius 2 is 2.26 bits per heavy atom. The fourth-order valence-corrected chi connectivity index (χ4v) is 2.19. The molecule has 1 aromatic rings. The van der Waals surface area contributed by atoms with E-state index in [0.717, 1.165) is 16.8 Å². The molecule has 0 spiro atoms. The summed E-state index contributed by atoms with van der Waals surface area (Å²) in [5.41, 5.74) is -2.89. The van der Waals surface area contributed by atoms with E-state index in [2.05, 4.69) is 0 Å². The molecule has 106 valence electrons. The first-order valence-electron chi connectivity index (χ1n) is 5.87. The second-order valence-corrected chi connectivity index (χ2v) is 4.49. The van der Waals surface area contributed by atoms with Crippen molar-refractivity contribution in [2.75, 3.05) is 6.61 Å². The second kappa shape index (κ2) is 4.87. The van der Waals surface area contributed by atoms with Gasteiger partial charge in [-0.05, 0) is 6.42 Å². The first kappa shape index (κ1) is 13.9. The number of rotatable bonds is 3. The molecule has 2 unspecified atom stereocenters. The summed E-state index contributed by atoms with van der Waals surface area (Å²) in [5.74, 6) is 0. The molecule has 0 aromatic carbocycles. The van der Waals surface area contributed by atoms with E-state index in [0.29, 0.717) is 0 Å². The molecule has 4 atom stereocenters. The minimum absolute atomic E-state index is 0.180. The van der Waals surface area contributed by atoms with Crippen LogP contribution in [0.5, 0.6) is 0 Å². The van der Waals surface area contributed by atoms with Crippen LogP contribution in [0.25, 0.3) is 0 Å². The van der Waals surface area contributed by atoms with Gasteiger partial charge < -0.3 is 14.9 Å². The Morgan fingerprint density at radius 3 is 2.74 bits per heavy atom. The van der Waals surface area contributed by atoms with E-state index in [1.165, 1.54) is 0 Å². The Labute approximate surface area is 107 Å². The third-order valence-corrected chi connectivity index (χ3v) is 3.46. The minimum atomic E-state index is -1.88. The highest BCUT2D eigenvalue weighted by Crippen LogP contribution is 2.40. The number of halogens is 1. The highest BCUT2D eigenvalue weighted by atomic mass is 19.1. The van der Waals surface area contributed by atoms with Crippen molar-refractivity contribution in [1.82, 2.24) is 9.55 Å². The first-order valence-corrected chi connectivity index (χ1v) is 5.87. The van der Waals surface area contributed by atoms with E-state index in [1.54, 1.807) is 6.92 Å². The molecule has 1 aliphatic heterocycles. The van der Waals surface area contributed by atoms with Crippen LogP contribution in [0.4, 0.5) is 4.39 Å². The molecule has 0 radical (unpaired) electrons. The number of hydrogen-bond acceptors (Lipinski definition) is 5. The number of aliphatic hydroxyl groups is 2. The van der Waals surface area contributed by atoms with Crippen LogP contribution in [0.1, 0.15) is 19.6 Å². The molecule has 2 heterocycles. The lowest BCUT2D eigenvalue weighted by atomic mass is 9.94. The van der Waals surface area contributed by atoms with Crippen LogP contribution in [0.3, 0.4) is 0 Å². The number of nitrogens with zero attached hydrogens (tertiary/aromatic N) is 1. The molecule has 7 nitrogen and oxygen atoms in total. The number of H-pyrrole nitrogens is 1. The third kappa shape index (κ3) is 2.11. The normalized spacial score (nSPS) is 34.6. The van der Waals surface area contributed by atoms with Gasteiger partial charge in [-0.15, -0.1) is 0 Å². The Balaban J connectivity index is 2.42. The summed E-state index contributed by atoms with van der Waals surface area (Å²) in [6, 6.07) is 1.05. The number of nitrogens with one attached hydrogen (secondary N) is 1. The summed E-state index contributed by atoms with van der Waals surface area (Å²) < 4.78 is 20.3. The standard InChI is InChI=1S/C11H15FN2O5/c1-2-11(5-15)8(17)7(12)9(19-11)14-4-3-6(16)13-10(14)18/h3-4,7-9,15,17H,2,5H2,1H3,(H,13,16,18)/t7?,8?,9-,11-/m0/s1. The minimum Gasteiger partial charge on any atom is -0.393 e. The van der Waals surface area contributed by atoms with Crippen molar-refractivity contribution < 1.29 is 19.3 Å². The van der Waals surface area contributed by atoms with Crippen molar-refractivity contribution in [2.24, 2.45) is 0 Å². The maximum atomic E-state index is 14.1. The fourth-order valence-electron chi connectivity index (χ4n) is 2.19. The Kier molecular flexibility index (Phi) is 3.57. The maximum Gasteiger partial charge on any atom is 0.330 e. The van der Waals surface area contributed by atoms with Crippen LogP contribution in [0.2, 0.25) is 0 Å². The molecule has 8 heteroatoms. The van der Waals surface area contributed by atoms with Gasteiger partial charge in [-0.3, -0.25) is 14.3 Å². The molecular formula is C11H15FN2O5. The van der Waals surface area contributed by atoms with Gasteiger partial charge in [-0.2, -0.15) is 0 Å². The Bertz CT molecular complexity index is 565. The number of aliphatic hydroxyl groups excluding tert-OH is 2. The molecular weight excluding hydrogens is 259 g/mol. The monoisotopic (exact) mass is 274 g/mol. The molecule has 1 aromatic heterocycles. The van der Waals surface area contributed by atoms with Gasteiger partial charge in [0.1, 0.15) is 11.7 Å². The zero-order valence-corrected chi connectivity index (χ0v) is 10.2. The largest absolute Gasteiger partial charge is 0.393 e. The van der Waals surface area contributed by atoms with Crippen molar-refractivity contribution in [1.29, 1.82) is 0 Å². The summed E-state index contributed by atoms with van der Waals surface area (Å²) in [7, 11) is 0. The van der Waals surface area contributed by atoms with Gasteiger partial charge in [-0.1, -0.05) is 6.92 Å². The molecule has 1 saturated heterocycles. The molecule has 0 saturated carbocycles. The summed E-state index contributed by atoms with van der Waals surface area (Å²) in [4.78, 5) is 24.5. The van der Waals surface area contributed by atoms with E-state index in [-0.39, 0.29) is 6.42 Å². The average molecular weight is 274 g/mol. The number of aromatic nitrogens is 2. The predicted molar refractivity (Wildman–Crippen MR) is 62.5 cm³/mol. The number of alkyl halides is 1. The van der Waals surface area contributed by atoms with Crippen molar-refractivity contribution >= 4 is 0 Å². The van der Waals surface area contributed by atoms with Gasteiger partial charge in [0.15, 0.2) is 12.4 Å². The Morgan fingerprint density at radius 1 is 1.58 bits per heavy atom. The maximum absolute atomic E-state index is 14.1.